The zero-order valence-electron chi connectivity index (χ0n) is 20.3. The fraction of sp³-hybridized carbons (Fsp3) is 0.500. The second-order valence-corrected chi connectivity index (χ2v) is 10.3. The van der Waals surface area contributed by atoms with Gasteiger partial charge in [-0.1, -0.05) is 56.3 Å². The van der Waals surface area contributed by atoms with Crippen molar-refractivity contribution in [2.24, 2.45) is 11.3 Å². The average Bonchev–Trinajstić information content (AvgIpc) is 3.06. The number of likely N-dealkylation sites (tertiary alicyclic amines) is 2. The van der Waals surface area contributed by atoms with E-state index in [4.69, 9.17) is 9.84 Å². The van der Waals surface area contributed by atoms with Crippen LogP contribution in [0.3, 0.4) is 0 Å². The topological polar surface area (TPSA) is 70.1 Å². The number of amides is 1. The third-order valence-corrected chi connectivity index (χ3v) is 7.16. The van der Waals surface area contributed by atoms with E-state index in [1.807, 2.05) is 30.3 Å². The molecule has 0 bridgehead atoms. The highest BCUT2D eigenvalue weighted by molar-refractivity contribution is 5.85. The van der Waals surface area contributed by atoms with E-state index >= 15 is 0 Å². The second kappa shape index (κ2) is 10.6. The van der Waals surface area contributed by atoms with Gasteiger partial charge in [-0.2, -0.15) is 0 Å². The quantitative estimate of drug-likeness (QED) is 0.601. The predicted molar refractivity (Wildman–Crippen MR) is 132 cm³/mol. The fourth-order valence-electron chi connectivity index (χ4n) is 5.46. The van der Waals surface area contributed by atoms with Crippen molar-refractivity contribution >= 4 is 11.9 Å². The Balaban J connectivity index is 1.37. The summed E-state index contributed by atoms with van der Waals surface area (Å²) >= 11 is 0. The maximum absolute atomic E-state index is 13.7. The van der Waals surface area contributed by atoms with Gasteiger partial charge in [0, 0.05) is 19.1 Å². The monoisotopic (exact) mass is 464 g/mol. The van der Waals surface area contributed by atoms with Gasteiger partial charge in [0.2, 0.25) is 5.91 Å². The van der Waals surface area contributed by atoms with Crippen molar-refractivity contribution in [3.8, 4) is 5.75 Å². The molecule has 2 aromatic carbocycles. The van der Waals surface area contributed by atoms with Crippen molar-refractivity contribution in [1.29, 1.82) is 0 Å². The molecule has 182 valence electrons. The minimum Gasteiger partial charge on any atom is -0.482 e. The molecule has 1 amide bonds. The van der Waals surface area contributed by atoms with Crippen molar-refractivity contribution in [1.82, 2.24) is 9.80 Å². The summed E-state index contributed by atoms with van der Waals surface area (Å²) in [7, 11) is 0. The maximum atomic E-state index is 13.7. The van der Waals surface area contributed by atoms with Gasteiger partial charge in [0.1, 0.15) is 5.75 Å². The molecular formula is C28H36N2O4. The van der Waals surface area contributed by atoms with Crippen LogP contribution >= 0.6 is 0 Å². The number of nitrogens with zero attached hydrogens (tertiary/aromatic N) is 2. The lowest BCUT2D eigenvalue weighted by molar-refractivity contribution is -0.140. The van der Waals surface area contributed by atoms with E-state index in [1.54, 1.807) is 0 Å². The number of carboxylic acids is 1. The zero-order chi connectivity index (χ0) is 24.1. The second-order valence-electron chi connectivity index (χ2n) is 10.3. The summed E-state index contributed by atoms with van der Waals surface area (Å²) in [4.78, 5) is 28.9. The van der Waals surface area contributed by atoms with Gasteiger partial charge in [0.05, 0.1) is 5.41 Å². The van der Waals surface area contributed by atoms with E-state index in [9.17, 15) is 9.59 Å². The molecule has 0 unspecified atom stereocenters. The number of piperidine rings is 1. The van der Waals surface area contributed by atoms with Gasteiger partial charge in [0.15, 0.2) is 6.61 Å². The van der Waals surface area contributed by atoms with Crippen LogP contribution in [-0.4, -0.2) is 59.1 Å². The number of aliphatic carboxylic acids is 1. The highest BCUT2D eigenvalue weighted by atomic mass is 16.5. The average molecular weight is 465 g/mol. The molecule has 1 N–H and O–H groups in total. The van der Waals surface area contributed by atoms with Crippen LogP contribution < -0.4 is 4.74 Å². The molecule has 0 radical (unpaired) electrons. The van der Waals surface area contributed by atoms with E-state index in [0.717, 1.165) is 51.9 Å². The van der Waals surface area contributed by atoms with Crippen molar-refractivity contribution < 1.29 is 19.4 Å². The number of hydrogen-bond acceptors (Lipinski definition) is 4. The number of rotatable bonds is 9. The maximum Gasteiger partial charge on any atom is 0.341 e. The molecule has 2 fully saturated rings. The van der Waals surface area contributed by atoms with Crippen molar-refractivity contribution in [2.45, 2.75) is 52.1 Å². The first kappa shape index (κ1) is 24.3. The van der Waals surface area contributed by atoms with Gasteiger partial charge < -0.3 is 14.7 Å². The molecule has 1 spiro atoms. The molecule has 34 heavy (non-hydrogen) atoms. The number of ether oxygens (including phenoxy) is 1. The minimum absolute atomic E-state index is 0.223. The van der Waals surface area contributed by atoms with Crippen molar-refractivity contribution in [3.05, 3.63) is 65.7 Å². The van der Waals surface area contributed by atoms with Crippen LogP contribution in [0.1, 0.15) is 44.2 Å². The first-order chi connectivity index (χ1) is 16.3. The Morgan fingerprint density at radius 2 is 1.74 bits per heavy atom. The molecule has 4 rings (SSSR count). The lowest BCUT2D eigenvalue weighted by atomic mass is 9.75. The normalized spacial score (nSPS) is 20.3. The smallest absolute Gasteiger partial charge is 0.341 e. The number of carbonyl (C=O) groups excluding carboxylic acids is 1. The van der Waals surface area contributed by atoms with E-state index in [2.05, 4.69) is 47.9 Å². The zero-order valence-corrected chi connectivity index (χ0v) is 20.3. The van der Waals surface area contributed by atoms with Crippen LogP contribution in [0.2, 0.25) is 0 Å². The largest absolute Gasteiger partial charge is 0.482 e. The molecule has 2 aliphatic rings. The summed E-state index contributed by atoms with van der Waals surface area (Å²) in [5.41, 5.74) is 2.25. The molecule has 6 heteroatoms. The van der Waals surface area contributed by atoms with Crippen LogP contribution in [-0.2, 0) is 22.6 Å². The van der Waals surface area contributed by atoms with Crippen molar-refractivity contribution in [2.75, 3.05) is 26.2 Å². The van der Waals surface area contributed by atoms with Gasteiger partial charge in [-0.25, -0.2) is 4.79 Å². The van der Waals surface area contributed by atoms with E-state index < -0.39 is 5.97 Å². The fourth-order valence-corrected chi connectivity index (χ4v) is 5.46. The number of carbonyl (C=O) groups is 2. The molecule has 2 heterocycles. The Morgan fingerprint density at radius 1 is 1.06 bits per heavy atom. The standard InChI is InChI=1S/C28H36N2O4/c1-21(2)18-30-24(16-22-6-4-3-5-7-22)17-28(27(30)33)12-14-29(15-13-28)19-23-8-10-25(11-9-23)34-20-26(31)32/h3-11,21,24H,12-20H2,1-2H3,(H,31,32)/t24-/m0/s1. The van der Waals surface area contributed by atoms with E-state index in [1.165, 1.54) is 11.1 Å². The van der Waals surface area contributed by atoms with E-state index in [0.29, 0.717) is 17.6 Å². The third-order valence-electron chi connectivity index (χ3n) is 7.16. The molecule has 0 aliphatic carbocycles. The Labute approximate surface area is 202 Å². The summed E-state index contributed by atoms with van der Waals surface area (Å²) in [5.74, 6) is 0.405. The minimum atomic E-state index is -0.981. The van der Waals surface area contributed by atoms with Crippen LogP contribution in [0.25, 0.3) is 0 Å². The first-order valence-corrected chi connectivity index (χ1v) is 12.4. The molecule has 1 atom stereocenters. The number of benzene rings is 2. The molecular weight excluding hydrogens is 428 g/mol. The van der Waals surface area contributed by atoms with Crippen LogP contribution in [0.15, 0.2) is 54.6 Å². The molecule has 6 nitrogen and oxygen atoms in total. The Morgan fingerprint density at radius 3 is 2.35 bits per heavy atom. The summed E-state index contributed by atoms with van der Waals surface area (Å²) in [6, 6.07) is 18.4. The highest BCUT2D eigenvalue weighted by Gasteiger charge is 2.52. The lowest BCUT2D eigenvalue weighted by Gasteiger charge is -2.38. The summed E-state index contributed by atoms with van der Waals surface area (Å²) in [6.07, 6.45) is 3.70. The summed E-state index contributed by atoms with van der Waals surface area (Å²) in [6.45, 7) is 7.54. The van der Waals surface area contributed by atoms with Gasteiger partial charge >= 0.3 is 5.97 Å². The van der Waals surface area contributed by atoms with Crippen LogP contribution in [0.5, 0.6) is 5.75 Å². The Hall–Kier alpha value is -2.86. The third kappa shape index (κ3) is 5.79. The predicted octanol–water partition coefficient (Wildman–Crippen LogP) is 4.23. The summed E-state index contributed by atoms with van der Waals surface area (Å²) in [5, 5.41) is 8.74. The lowest BCUT2D eigenvalue weighted by Crippen LogP contribution is -2.45. The molecule has 2 aromatic rings. The SMILES string of the molecule is CC(C)CN1C(=O)C2(CCN(Cc3ccc(OCC(=O)O)cc3)CC2)C[C@@H]1Cc1ccccc1. The number of hydrogen-bond donors (Lipinski definition) is 1. The highest BCUT2D eigenvalue weighted by Crippen LogP contribution is 2.45. The van der Waals surface area contributed by atoms with Crippen LogP contribution in [0.4, 0.5) is 0 Å². The Kier molecular flexibility index (Phi) is 7.57. The number of carboxylic acid groups (broad SMARTS) is 1. The molecule has 2 saturated heterocycles. The summed E-state index contributed by atoms with van der Waals surface area (Å²) < 4.78 is 5.22. The first-order valence-electron chi connectivity index (χ1n) is 12.4. The van der Waals surface area contributed by atoms with Gasteiger partial charge in [-0.15, -0.1) is 0 Å². The van der Waals surface area contributed by atoms with E-state index in [-0.39, 0.29) is 18.1 Å². The van der Waals surface area contributed by atoms with Crippen molar-refractivity contribution in [3.63, 3.8) is 0 Å². The molecule has 0 aromatic heterocycles. The van der Waals surface area contributed by atoms with Gasteiger partial charge in [-0.05, 0) is 68.0 Å². The Bertz CT molecular complexity index is 966. The van der Waals surface area contributed by atoms with Gasteiger partial charge in [0.25, 0.3) is 0 Å². The van der Waals surface area contributed by atoms with Crippen LogP contribution in [0, 0.1) is 11.3 Å². The molecule has 0 saturated carbocycles. The molecule has 2 aliphatic heterocycles. The van der Waals surface area contributed by atoms with Gasteiger partial charge in [-0.3, -0.25) is 9.69 Å².